The third-order valence-corrected chi connectivity index (χ3v) is 1.93. The van der Waals surface area contributed by atoms with Crippen LogP contribution >= 0.6 is 0 Å². The monoisotopic (exact) mass is 190 g/mol. The zero-order chi connectivity index (χ0) is 10.0. The Morgan fingerprint density at radius 2 is 2.08 bits per heavy atom. The lowest BCUT2D eigenvalue weighted by Gasteiger charge is -2.16. The van der Waals surface area contributed by atoms with E-state index in [-0.39, 0.29) is 17.9 Å². The Bertz CT molecular complexity index is 251. The van der Waals surface area contributed by atoms with Gasteiger partial charge in [-0.1, -0.05) is 13.8 Å². The second kappa shape index (κ2) is 3.99. The molecule has 0 aromatic heterocycles. The van der Waals surface area contributed by atoms with Gasteiger partial charge in [-0.2, -0.15) is 0 Å². The molecule has 0 saturated carbocycles. The molecule has 0 aliphatic heterocycles. The molecule has 1 atom stereocenters. The van der Waals surface area contributed by atoms with Crippen molar-refractivity contribution in [1.29, 1.82) is 0 Å². The minimum absolute atomic E-state index is 0.0453. The third kappa shape index (κ3) is 2.61. The second-order valence-corrected chi connectivity index (χ2v) is 3.72. The average molecular weight is 190 g/mol. The molecule has 1 rings (SSSR count). The van der Waals surface area contributed by atoms with Crippen LogP contribution in [-0.4, -0.2) is 6.17 Å². The lowest BCUT2D eigenvalue weighted by Crippen LogP contribution is -2.07. The van der Waals surface area contributed by atoms with Gasteiger partial charge in [0, 0.05) is 12.0 Å². The summed E-state index contributed by atoms with van der Waals surface area (Å²) in [5.41, 5.74) is 0.0453. The fourth-order valence-corrected chi connectivity index (χ4v) is 1.36. The molecule has 0 heterocycles. The summed E-state index contributed by atoms with van der Waals surface area (Å²) in [5.74, 6) is -1.19. The van der Waals surface area contributed by atoms with E-state index in [0.29, 0.717) is 6.42 Å². The van der Waals surface area contributed by atoms with E-state index < -0.39 is 17.8 Å². The molecule has 0 aromatic carbocycles. The SMILES string of the molecule is CC(C)CC1=C(F)CC(F)C=C1F. The maximum absolute atomic E-state index is 13.1. The number of halogens is 3. The van der Waals surface area contributed by atoms with Crippen LogP contribution in [-0.2, 0) is 0 Å². The first-order valence-corrected chi connectivity index (χ1v) is 4.40. The molecule has 0 fully saturated rings. The van der Waals surface area contributed by atoms with Crippen molar-refractivity contribution in [3.8, 4) is 0 Å². The summed E-state index contributed by atoms with van der Waals surface area (Å²) in [6.45, 7) is 3.74. The predicted molar refractivity (Wildman–Crippen MR) is 46.3 cm³/mol. The number of hydrogen-bond acceptors (Lipinski definition) is 0. The third-order valence-electron chi connectivity index (χ3n) is 1.93. The van der Waals surface area contributed by atoms with Crippen LogP contribution in [0.15, 0.2) is 23.3 Å². The van der Waals surface area contributed by atoms with E-state index in [0.717, 1.165) is 6.08 Å². The van der Waals surface area contributed by atoms with Crippen LogP contribution < -0.4 is 0 Å². The molecule has 3 heteroatoms. The Hall–Kier alpha value is -0.730. The predicted octanol–water partition coefficient (Wildman–Crippen LogP) is 3.85. The molecular formula is C10H13F3. The normalized spacial score (nSPS) is 23.8. The topological polar surface area (TPSA) is 0 Å². The molecule has 0 spiro atoms. The van der Waals surface area contributed by atoms with Gasteiger partial charge in [-0.05, 0) is 18.4 Å². The molecule has 13 heavy (non-hydrogen) atoms. The summed E-state index contributed by atoms with van der Waals surface area (Å²) >= 11 is 0. The number of rotatable bonds is 2. The van der Waals surface area contributed by atoms with Crippen LogP contribution in [0, 0.1) is 5.92 Å². The van der Waals surface area contributed by atoms with Gasteiger partial charge in [0.1, 0.15) is 17.8 Å². The van der Waals surface area contributed by atoms with Gasteiger partial charge in [0.15, 0.2) is 0 Å². The quantitative estimate of drug-likeness (QED) is 0.620. The summed E-state index contributed by atoms with van der Waals surface area (Å²) in [5, 5.41) is 0. The van der Waals surface area contributed by atoms with Gasteiger partial charge in [0.25, 0.3) is 0 Å². The molecule has 74 valence electrons. The average Bonchev–Trinajstić information content (AvgIpc) is 1.96. The van der Waals surface area contributed by atoms with Crippen LogP contribution in [0.1, 0.15) is 26.7 Å². The van der Waals surface area contributed by atoms with E-state index in [9.17, 15) is 13.2 Å². The summed E-state index contributed by atoms with van der Waals surface area (Å²) in [6, 6.07) is 0. The second-order valence-electron chi connectivity index (χ2n) is 3.72. The van der Waals surface area contributed by atoms with E-state index in [1.807, 2.05) is 13.8 Å². The van der Waals surface area contributed by atoms with E-state index in [1.165, 1.54) is 0 Å². The van der Waals surface area contributed by atoms with Gasteiger partial charge in [0.05, 0.1) is 0 Å². The maximum atomic E-state index is 13.1. The molecule has 0 bridgehead atoms. The molecule has 1 aliphatic rings. The van der Waals surface area contributed by atoms with Gasteiger partial charge >= 0.3 is 0 Å². The van der Waals surface area contributed by atoms with Crippen LogP contribution in [0.4, 0.5) is 13.2 Å². The van der Waals surface area contributed by atoms with Gasteiger partial charge in [-0.3, -0.25) is 0 Å². The standard InChI is InChI=1S/C10H13F3/c1-6(2)3-8-9(12)4-7(11)5-10(8)13/h4,6-7H,3,5H2,1-2H3. The number of allylic oxidation sites excluding steroid dienone is 4. The highest BCUT2D eigenvalue weighted by Gasteiger charge is 2.22. The number of hydrogen-bond donors (Lipinski definition) is 0. The lowest BCUT2D eigenvalue weighted by molar-refractivity contribution is 0.351. The maximum Gasteiger partial charge on any atom is 0.128 e. The Labute approximate surface area is 76.1 Å². The Balaban J connectivity index is 2.82. The van der Waals surface area contributed by atoms with Crippen LogP contribution in [0.2, 0.25) is 0 Å². The fraction of sp³-hybridized carbons (Fsp3) is 0.600. The van der Waals surface area contributed by atoms with Crippen molar-refractivity contribution >= 4 is 0 Å². The van der Waals surface area contributed by atoms with Crippen molar-refractivity contribution in [1.82, 2.24) is 0 Å². The smallest absolute Gasteiger partial charge is 0.128 e. The first-order chi connectivity index (χ1) is 6.00. The highest BCUT2D eigenvalue weighted by atomic mass is 19.2. The van der Waals surface area contributed by atoms with Crippen LogP contribution in [0.25, 0.3) is 0 Å². The zero-order valence-electron chi connectivity index (χ0n) is 7.78. The summed E-state index contributed by atoms with van der Waals surface area (Å²) in [6.07, 6.45) is -0.632. The first-order valence-electron chi connectivity index (χ1n) is 4.40. The molecule has 1 unspecified atom stereocenters. The van der Waals surface area contributed by atoms with Gasteiger partial charge in [-0.25, -0.2) is 13.2 Å². The molecule has 0 amide bonds. The molecule has 0 saturated heterocycles. The van der Waals surface area contributed by atoms with E-state index in [4.69, 9.17) is 0 Å². The van der Waals surface area contributed by atoms with Crippen molar-refractivity contribution < 1.29 is 13.2 Å². The molecule has 1 aliphatic carbocycles. The molecular weight excluding hydrogens is 177 g/mol. The van der Waals surface area contributed by atoms with Gasteiger partial charge in [0.2, 0.25) is 0 Å². The number of alkyl halides is 1. The van der Waals surface area contributed by atoms with Gasteiger partial charge in [-0.15, -0.1) is 0 Å². The Morgan fingerprint density at radius 3 is 2.54 bits per heavy atom. The molecule has 0 N–H and O–H groups in total. The first kappa shape index (κ1) is 10.4. The van der Waals surface area contributed by atoms with Gasteiger partial charge < -0.3 is 0 Å². The van der Waals surface area contributed by atoms with Crippen molar-refractivity contribution in [2.24, 2.45) is 5.92 Å². The molecule has 0 aromatic rings. The van der Waals surface area contributed by atoms with Crippen molar-refractivity contribution in [2.75, 3.05) is 0 Å². The van der Waals surface area contributed by atoms with Crippen molar-refractivity contribution in [3.05, 3.63) is 23.3 Å². The van der Waals surface area contributed by atoms with E-state index in [1.54, 1.807) is 0 Å². The highest BCUT2D eigenvalue weighted by molar-refractivity contribution is 5.33. The summed E-state index contributed by atoms with van der Waals surface area (Å²) < 4.78 is 38.7. The summed E-state index contributed by atoms with van der Waals surface area (Å²) in [4.78, 5) is 0. The summed E-state index contributed by atoms with van der Waals surface area (Å²) in [7, 11) is 0. The lowest BCUT2D eigenvalue weighted by atomic mass is 9.95. The zero-order valence-corrected chi connectivity index (χ0v) is 7.78. The van der Waals surface area contributed by atoms with E-state index >= 15 is 0 Å². The van der Waals surface area contributed by atoms with Crippen LogP contribution in [0.3, 0.4) is 0 Å². The molecule has 0 radical (unpaired) electrons. The highest BCUT2D eigenvalue weighted by Crippen LogP contribution is 2.32. The minimum Gasteiger partial charge on any atom is -0.242 e. The Kier molecular flexibility index (Phi) is 3.17. The van der Waals surface area contributed by atoms with Crippen molar-refractivity contribution in [3.63, 3.8) is 0 Å². The fourth-order valence-electron chi connectivity index (χ4n) is 1.36. The van der Waals surface area contributed by atoms with Crippen molar-refractivity contribution in [2.45, 2.75) is 32.9 Å². The molecule has 0 nitrogen and oxygen atoms in total. The Morgan fingerprint density at radius 1 is 1.46 bits per heavy atom. The van der Waals surface area contributed by atoms with E-state index in [2.05, 4.69) is 0 Å². The largest absolute Gasteiger partial charge is 0.242 e. The van der Waals surface area contributed by atoms with Crippen LogP contribution in [0.5, 0.6) is 0 Å². The minimum atomic E-state index is -1.50.